The first-order valence-electron chi connectivity index (χ1n) is 7.47. The molecule has 5 nitrogen and oxygen atoms in total. The summed E-state index contributed by atoms with van der Waals surface area (Å²) < 4.78 is 5.35. The molecule has 2 aromatic heterocycles. The molecular formula is C15H17N3O2S. The van der Waals surface area contributed by atoms with Crippen molar-refractivity contribution in [1.29, 1.82) is 0 Å². The lowest BCUT2D eigenvalue weighted by Gasteiger charge is -2.38. The Bertz CT molecular complexity index is 625. The highest BCUT2D eigenvalue weighted by Crippen LogP contribution is 2.33. The molecular weight excluding hydrogens is 286 g/mol. The van der Waals surface area contributed by atoms with Crippen molar-refractivity contribution in [3.05, 3.63) is 23.4 Å². The highest BCUT2D eigenvalue weighted by molar-refractivity contribution is 7.13. The van der Waals surface area contributed by atoms with Crippen molar-refractivity contribution in [2.75, 3.05) is 13.1 Å². The van der Waals surface area contributed by atoms with E-state index in [0.717, 1.165) is 30.8 Å². The van der Waals surface area contributed by atoms with Gasteiger partial charge >= 0.3 is 0 Å². The van der Waals surface area contributed by atoms with E-state index in [-0.39, 0.29) is 11.8 Å². The van der Waals surface area contributed by atoms with Gasteiger partial charge in [0, 0.05) is 19.0 Å². The van der Waals surface area contributed by atoms with Crippen LogP contribution in [-0.4, -0.2) is 34.0 Å². The molecule has 1 amide bonds. The van der Waals surface area contributed by atoms with Gasteiger partial charge in [-0.3, -0.25) is 4.79 Å². The fraction of sp³-hybridized carbons (Fsp3) is 0.533. The first-order valence-corrected chi connectivity index (χ1v) is 8.35. The third kappa shape index (κ3) is 2.37. The minimum absolute atomic E-state index is 0.205. The molecule has 21 heavy (non-hydrogen) atoms. The molecule has 4 rings (SSSR count). The van der Waals surface area contributed by atoms with E-state index in [2.05, 4.69) is 10.1 Å². The van der Waals surface area contributed by atoms with Crippen molar-refractivity contribution in [3.63, 3.8) is 0 Å². The second kappa shape index (κ2) is 5.26. The van der Waals surface area contributed by atoms with Gasteiger partial charge in [-0.15, -0.1) is 11.3 Å². The number of rotatable bonds is 3. The summed E-state index contributed by atoms with van der Waals surface area (Å²) >= 11 is 1.60. The summed E-state index contributed by atoms with van der Waals surface area (Å²) in [7, 11) is 0. The molecule has 1 saturated carbocycles. The number of hydrogen-bond donors (Lipinski definition) is 0. The number of carbonyl (C=O) groups is 1. The van der Waals surface area contributed by atoms with Gasteiger partial charge < -0.3 is 9.42 Å². The van der Waals surface area contributed by atoms with E-state index in [1.807, 2.05) is 22.4 Å². The molecule has 2 fully saturated rings. The maximum absolute atomic E-state index is 12.3. The Kier molecular flexibility index (Phi) is 3.25. The minimum atomic E-state index is 0.205. The number of hydrogen-bond acceptors (Lipinski definition) is 5. The third-order valence-electron chi connectivity index (χ3n) is 4.43. The topological polar surface area (TPSA) is 59.2 Å². The molecule has 2 aliphatic rings. The molecule has 1 aliphatic heterocycles. The first kappa shape index (κ1) is 13.0. The van der Waals surface area contributed by atoms with Gasteiger partial charge in [-0.25, -0.2) is 0 Å². The molecule has 0 spiro atoms. The average molecular weight is 303 g/mol. The van der Waals surface area contributed by atoms with E-state index in [4.69, 9.17) is 4.52 Å². The smallest absolute Gasteiger partial charge is 0.233 e. The van der Waals surface area contributed by atoms with E-state index in [1.54, 1.807) is 11.3 Å². The molecule has 0 aromatic carbocycles. The average Bonchev–Trinajstić information content (AvgIpc) is 3.19. The number of carbonyl (C=O) groups excluding carboxylic acids is 1. The molecule has 6 heteroatoms. The maximum Gasteiger partial charge on any atom is 0.233 e. The van der Waals surface area contributed by atoms with Crippen LogP contribution >= 0.6 is 11.3 Å². The highest BCUT2D eigenvalue weighted by Gasteiger charge is 2.38. The van der Waals surface area contributed by atoms with E-state index in [0.29, 0.717) is 17.6 Å². The zero-order valence-electron chi connectivity index (χ0n) is 11.7. The quantitative estimate of drug-likeness (QED) is 0.874. The summed E-state index contributed by atoms with van der Waals surface area (Å²) in [6.45, 7) is 1.45. The van der Waals surface area contributed by atoms with Crippen LogP contribution in [0.5, 0.6) is 0 Å². The number of aromatic nitrogens is 2. The minimum Gasteiger partial charge on any atom is -0.341 e. The maximum atomic E-state index is 12.3. The number of thiophene rings is 1. The second-order valence-corrected chi connectivity index (χ2v) is 6.80. The SMILES string of the molecule is O=C(C1CCCC1)N1CC(c2nc(-c3cccs3)no2)C1. The number of amides is 1. The molecule has 2 aromatic rings. The number of likely N-dealkylation sites (tertiary alicyclic amines) is 1. The summed E-state index contributed by atoms with van der Waals surface area (Å²) in [4.78, 5) is 19.7. The van der Waals surface area contributed by atoms with Gasteiger partial charge in [-0.05, 0) is 24.3 Å². The fourth-order valence-corrected chi connectivity index (χ4v) is 3.80. The van der Waals surface area contributed by atoms with Crippen molar-refractivity contribution in [2.24, 2.45) is 5.92 Å². The van der Waals surface area contributed by atoms with Crippen LogP contribution < -0.4 is 0 Å². The molecule has 0 atom stereocenters. The molecule has 0 unspecified atom stereocenters. The summed E-state index contributed by atoms with van der Waals surface area (Å²) in [5.41, 5.74) is 0. The van der Waals surface area contributed by atoms with Gasteiger partial charge in [0.05, 0.1) is 10.8 Å². The van der Waals surface area contributed by atoms with Crippen LogP contribution in [-0.2, 0) is 4.79 Å². The van der Waals surface area contributed by atoms with Gasteiger partial charge in [0.15, 0.2) is 0 Å². The van der Waals surface area contributed by atoms with Crippen molar-refractivity contribution in [1.82, 2.24) is 15.0 Å². The van der Waals surface area contributed by atoms with Gasteiger partial charge in [-0.2, -0.15) is 4.98 Å². The van der Waals surface area contributed by atoms with Crippen LogP contribution in [0.3, 0.4) is 0 Å². The zero-order valence-corrected chi connectivity index (χ0v) is 12.5. The predicted octanol–water partition coefficient (Wildman–Crippen LogP) is 2.91. The highest BCUT2D eigenvalue weighted by atomic mass is 32.1. The van der Waals surface area contributed by atoms with Gasteiger partial charge in [0.1, 0.15) is 0 Å². The van der Waals surface area contributed by atoms with Gasteiger partial charge in [-0.1, -0.05) is 24.1 Å². The molecule has 0 radical (unpaired) electrons. The van der Waals surface area contributed by atoms with Crippen LogP contribution in [0, 0.1) is 5.92 Å². The molecule has 3 heterocycles. The van der Waals surface area contributed by atoms with Crippen molar-refractivity contribution >= 4 is 17.2 Å². The second-order valence-electron chi connectivity index (χ2n) is 5.86. The van der Waals surface area contributed by atoms with Gasteiger partial charge in [0.2, 0.25) is 17.6 Å². The summed E-state index contributed by atoms with van der Waals surface area (Å²) in [6.07, 6.45) is 4.51. The lowest BCUT2D eigenvalue weighted by molar-refractivity contribution is -0.140. The Morgan fingerprint density at radius 3 is 2.86 bits per heavy atom. The van der Waals surface area contributed by atoms with Crippen LogP contribution in [0.15, 0.2) is 22.0 Å². The molecule has 1 saturated heterocycles. The van der Waals surface area contributed by atoms with E-state index in [9.17, 15) is 4.79 Å². The van der Waals surface area contributed by atoms with Crippen LogP contribution in [0.4, 0.5) is 0 Å². The Morgan fingerprint density at radius 1 is 1.33 bits per heavy atom. The predicted molar refractivity (Wildman–Crippen MR) is 78.9 cm³/mol. The zero-order chi connectivity index (χ0) is 14.2. The summed E-state index contributed by atoms with van der Waals surface area (Å²) in [5, 5.41) is 6.03. The third-order valence-corrected chi connectivity index (χ3v) is 5.30. The first-order chi connectivity index (χ1) is 10.3. The van der Waals surface area contributed by atoms with E-state index < -0.39 is 0 Å². The summed E-state index contributed by atoms with van der Waals surface area (Å²) in [6, 6.07) is 3.96. The monoisotopic (exact) mass is 303 g/mol. The Labute approximate surface area is 127 Å². The van der Waals surface area contributed by atoms with Gasteiger partial charge in [0.25, 0.3) is 0 Å². The molecule has 0 bridgehead atoms. The molecule has 110 valence electrons. The Balaban J connectivity index is 1.38. The number of nitrogens with zero attached hydrogens (tertiary/aromatic N) is 3. The van der Waals surface area contributed by atoms with Crippen LogP contribution in [0.1, 0.15) is 37.5 Å². The van der Waals surface area contributed by atoms with E-state index in [1.165, 1.54) is 12.8 Å². The van der Waals surface area contributed by atoms with E-state index >= 15 is 0 Å². The normalized spacial score (nSPS) is 19.9. The lowest BCUT2D eigenvalue weighted by Crippen LogP contribution is -2.50. The standard InChI is InChI=1S/C15H17N3O2S/c19-15(10-4-1-2-5-10)18-8-11(9-18)14-16-13(17-20-14)12-6-3-7-21-12/h3,6-7,10-11H,1-2,4-5,8-9H2. The lowest BCUT2D eigenvalue weighted by atomic mass is 9.96. The Morgan fingerprint density at radius 2 is 2.14 bits per heavy atom. The van der Waals surface area contributed by atoms with Crippen LogP contribution in [0.25, 0.3) is 10.7 Å². The molecule has 1 aliphatic carbocycles. The summed E-state index contributed by atoms with van der Waals surface area (Å²) in [5.74, 6) is 2.10. The Hall–Kier alpha value is -1.69. The van der Waals surface area contributed by atoms with Crippen molar-refractivity contribution < 1.29 is 9.32 Å². The molecule has 0 N–H and O–H groups in total. The van der Waals surface area contributed by atoms with Crippen molar-refractivity contribution in [2.45, 2.75) is 31.6 Å². The fourth-order valence-electron chi connectivity index (χ4n) is 3.15. The largest absolute Gasteiger partial charge is 0.341 e. The van der Waals surface area contributed by atoms with Crippen molar-refractivity contribution in [3.8, 4) is 10.7 Å². The van der Waals surface area contributed by atoms with Crippen LogP contribution in [0.2, 0.25) is 0 Å².